The lowest BCUT2D eigenvalue weighted by molar-refractivity contribution is 0.795. The zero-order valence-electron chi connectivity index (χ0n) is 12.7. The Bertz CT molecular complexity index is 665. The molecular formula is C20H21Br. The highest BCUT2D eigenvalue weighted by Gasteiger charge is 2.20. The average molecular weight is 341 g/mol. The molecule has 1 heteroatoms. The van der Waals surface area contributed by atoms with Crippen molar-refractivity contribution in [2.45, 2.75) is 39.0 Å². The highest BCUT2D eigenvalue weighted by molar-refractivity contribution is 9.10. The molecule has 0 bridgehead atoms. The van der Waals surface area contributed by atoms with Gasteiger partial charge in [-0.2, -0.15) is 0 Å². The lowest BCUT2D eigenvalue weighted by Crippen LogP contribution is -1.94. The lowest BCUT2D eigenvalue weighted by atomic mass is 9.91. The quantitative estimate of drug-likeness (QED) is 0.588. The topological polar surface area (TPSA) is 0 Å². The summed E-state index contributed by atoms with van der Waals surface area (Å²) in [7, 11) is 0. The number of aryl methyl sites for hydroxylation is 1. The number of benzene rings is 2. The Hall–Kier alpha value is -1.34. The third kappa shape index (κ3) is 2.85. The normalized spacial score (nSPS) is 16.2. The largest absolute Gasteiger partial charge is 0.0766 e. The van der Waals surface area contributed by atoms with E-state index < -0.39 is 0 Å². The van der Waals surface area contributed by atoms with Crippen molar-refractivity contribution in [3.63, 3.8) is 0 Å². The Kier molecular flexibility index (Phi) is 4.30. The first-order valence-corrected chi connectivity index (χ1v) is 8.60. The Morgan fingerprint density at radius 3 is 2.52 bits per heavy atom. The van der Waals surface area contributed by atoms with Gasteiger partial charge in [0.15, 0.2) is 0 Å². The highest BCUT2D eigenvalue weighted by Crippen LogP contribution is 2.41. The van der Waals surface area contributed by atoms with Crippen LogP contribution in [0.15, 0.2) is 46.9 Å². The summed E-state index contributed by atoms with van der Waals surface area (Å²) >= 11 is 3.67. The second-order valence-corrected chi connectivity index (χ2v) is 6.72. The molecule has 1 aliphatic carbocycles. The molecule has 0 fully saturated rings. The van der Waals surface area contributed by atoms with Crippen LogP contribution in [0.3, 0.4) is 0 Å². The maximum absolute atomic E-state index is 3.67. The van der Waals surface area contributed by atoms with E-state index in [1.54, 1.807) is 0 Å². The van der Waals surface area contributed by atoms with Crippen molar-refractivity contribution < 1.29 is 0 Å². The summed E-state index contributed by atoms with van der Waals surface area (Å²) in [5, 5.41) is 0. The molecule has 1 aliphatic rings. The van der Waals surface area contributed by atoms with E-state index in [4.69, 9.17) is 0 Å². The van der Waals surface area contributed by atoms with Crippen LogP contribution in [-0.4, -0.2) is 0 Å². The van der Waals surface area contributed by atoms with Gasteiger partial charge in [-0.05, 0) is 46.7 Å². The molecule has 0 aliphatic heterocycles. The van der Waals surface area contributed by atoms with E-state index >= 15 is 0 Å². The summed E-state index contributed by atoms with van der Waals surface area (Å²) in [5.74, 6) is 0.493. The monoisotopic (exact) mass is 340 g/mol. The van der Waals surface area contributed by atoms with Gasteiger partial charge in [-0.25, -0.2) is 0 Å². The van der Waals surface area contributed by atoms with Crippen LogP contribution >= 0.6 is 15.9 Å². The minimum Gasteiger partial charge on any atom is -0.0766 e. The van der Waals surface area contributed by atoms with Crippen LogP contribution in [0.4, 0.5) is 0 Å². The summed E-state index contributed by atoms with van der Waals surface area (Å²) in [4.78, 5) is 0. The third-order valence-electron chi connectivity index (χ3n) is 4.32. The zero-order valence-corrected chi connectivity index (χ0v) is 14.3. The van der Waals surface area contributed by atoms with Gasteiger partial charge in [-0.15, -0.1) is 0 Å². The van der Waals surface area contributed by atoms with Crippen molar-refractivity contribution in [1.29, 1.82) is 0 Å². The molecule has 108 valence electrons. The van der Waals surface area contributed by atoms with Crippen LogP contribution in [0.1, 0.15) is 49.3 Å². The van der Waals surface area contributed by atoms with Gasteiger partial charge in [0.1, 0.15) is 0 Å². The van der Waals surface area contributed by atoms with Crippen LogP contribution in [0, 0.1) is 0 Å². The molecule has 0 N–H and O–H groups in total. The highest BCUT2D eigenvalue weighted by atomic mass is 79.9. The molecule has 0 radical (unpaired) electrons. The molecule has 1 atom stereocenters. The number of hydrogen-bond donors (Lipinski definition) is 0. The zero-order chi connectivity index (χ0) is 14.8. The first kappa shape index (κ1) is 14.6. The maximum atomic E-state index is 3.67. The third-order valence-corrected chi connectivity index (χ3v) is 5.02. The molecule has 3 rings (SSSR count). The van der Waals surface area contributed by atoms with E-state index in [0.29, 0.717) is 5.92 Å². The summed E-state index contributed by atoms with van der Waals surface area (Å²) in [6, 6.07) is 13.5. The van der Waals surface area contributed by atoms with Gasteiger partial charge in [-0.1, -0.05) is 78.7 Å². The van der Waals surface area contributed by atoms with Crippen LogP contribution in [-0.2, 0) is 6.42 Å². The van der Waals surface area contributed by atoms with Crippen molar-refractivity contribution in [2.75, 3.05) is 0 Å². The fourth-order valence-electron chi connectivity index (χ4n) is 3.09. The van der Waals surface area contributed by atoms with E-state index in [0.717, 1.165) is 0 Å². The fraction of sp³-hybridized carbons (Fsp3) is 0.300. The summed E-state index contributed by atoms with van der Waals surface area (Å²) in [5.41, 5.74) is 6.93. The molecule has 21 heavy (non-hydrogen) atoms. The molecule has 0 saturated heterocycles. The number of rotatable bonds is 4. The standard InChI is InChI=1S/C20H21Br/c1-3-4-5-15-7-9-16(10-8-15)17-12-13-19(21)18-11-6-14(2)20(17)18/h6-14H,3-5H2,1-2H3. The maximum Gasteiger partial charge on any atom is 0.0251 e. The summed E-state index contributed by atoms with van der Waals surface area (Å²) in [6.45, 7) is 4.52. The van der Waals surface area contributed by atoms with Crippen LogP contribution < -0.4 is 0 Å². The Morgan fingerprint density at radius 1 is 1.05 bits per heavy atom. The minimum absolute atomic E-state index is 0.493. The fourth-order valence-corrected chi connectivity index (χ4v) is 3.57. The van der Waals surface area contributed by atoms with Crippen molar-refractivity contribution in [1.82, 2.24) is 0 Å². The number of fused-ring (bicyclic) bond motifs is 1. The van der Waals surface area contributed by atoms with E-state index in [1.807, 2.05) is 0 Å². The van der Waals surface area contributed by atoms with Crippen molar-refractivity contribution in [3.05, 3.63) is 63.6 Å². The van der Waals surface area contributed by atoms with Crippen LogP contribution in [0.2, 0.25) is 0 Å². The van der Waals surface area contributed by atoms with Crippen LogP contribution in [0.5, 0.6) is 0 Å². The number of unbranched alkanes of at least 4 members (excludes halogenated alkanes) is 1. The molecule has 1 unspecified atom stereocenters. The summed E-state index contributed by atoms with van der Waals surface area (Å²) < 4.78 is 1.20. The molecule has 0 amide bonds. The number of hydrogen-bond acceptors (Lipinski definition) is 0. The van der Waals surface area contributed by atoms with E-state index in [2.05, 4.69) is 78.3 Å². The minimum atomic E-state index is 0.493. The SMILES string of the molecule is CCCCc1ccc(-c2ccc(Br)c3c2C(C)C=C3)cc1. The molecule has 2 aromatic rings. The Morgan fingerprint density at radius 2 is 1.81 bits per heavy atom. The first-order chi connectivity index (χ1) is 10.2. The molecule has 0 heterocycles. The Labute approximate surface area is 136 Å². The lowest BCUT2D eigenvalue weighted by Gasteiger charge is -2.14. The first-order valence-electron chi connectivity index (χ1n) is 7.80. The van der Waals surface area contributed by atoms with E-state index in [-0.39, 0.29) is 0 Å². The molecule has 2 aromatic carbocycles. The van der Waals surface area contributed by atoms with Gasteiger partial charge < -0.3 is 0 Å². The van der Waals surface area contributed by atoms with Gasteiger partial charge in [0.2, 0.25) is 0 Å². The average Bonchev–Trinajstić information content (AvgIpc) is 2.90. The molecule has 0 spiro atoms. The smallest absolute Gasteiger partial charge is 0.0251 e. The molecule has 0 aromatic heterocycles. The second kappa shape index (κ2) is 6.19. The van der Waals surface area contributed by atoms with Gasteiger partial charge >= 0.3 is 0 Å². The van der Waals surface area contributed by atoms with Crippen LogP contribution in [0.25, 0.3) is 17.2 Å². The number of allylic oxidation sites excluding steroid dienone is 1. The Balaban J connectivity index is 1.97. The molecule has 0 saturated carbocycles. The van der Waals surface area contributed by atoms with Crippen molar-refractivity contribution in [2.24, 2.45) is 0 Å². The van der Waals surface area contributed by atoms with Crippen molar-refractivity contribution in [3.8, 4) is 11.1 Å². The van der Waals surface area contributed by atoms with Gasteiger partial charge in [0, 0.05) is 10.4 Å². The van der Waals surface area contributed by atoms with Gasteiger partial charge in [0.25, 0.3) is 0 Å². The predicted molar refractivity (Wildman–Crippen MR) is 95.6 cm³/mol. The summed E-state index contributed by atoms with van der Waals surface area (Å²) in [6.07, 6.45) is 8.24. The van der Waals surface area contributed by atoms with Gasteiger partial charge in [-0.3, -0.25) is 0 Å². The second-order valence-electron chi connectivity index (χ2n) is 5.87. The van der Waals surface area contributed by atoms with E-state index in [1.165, 1.54) is 51.6 Å². The van der Waals surface area contributed by atoms with Crippen molar-refractivity contribution >= 4 is 22.0 Å². The molecular weight excluding hydrogens is 320 g/mol. The predicted octanol–water partition coefficient (Wildman–Crippen LogP) is 6.59. The molecule has 0 nitrogen and oxygen atoms in total. The van der Waals surface area contributed by atoms with E-state index in [9.17, 15) is 0 Å². The van der Waals surface area contributed by atoms with Gasteiger partial charge in [0.05, 0.1) is 0 Å². The number of halogens is 1.